The monoisotopic (exact) mass is 524 g/mol. The molecule has 3 aromatic carbocycles. The highest BCUT2D eigenvalue weighted by molar-refractivity contribution is 6.51. The number of aliphatic hydroxyl groups excluding tert-OH is 1. The summed E-state index contributed by atoms with van der Waals surface area (Å²) in [4.78, 5) is 28.4. The summed E-state index contributed by atoms with van der Waals surface area (Å²) in [6.45, 7) is 8.97. The van der Waals surface area contributed by atoms with Crippen LogP contribution in [0.4, 0.5) is 5.69 Å². The Labute approximate surface area is 228 Å². The second-order valence-corrected chi connectivity index (χ2v) is 9.59. The minimum absolute atomic E-state index is 0.0177. The molecule has 1 saturated heterocycles. The van der Waals surface area contributed by atoms with Crippen molar-refractivity contribution in [2.24, 2.45) is 0 Å². The number of nitriles is 1. The second-order valence-electron chi connectivity index (χ2n) is 9.59. The summed E-state index contributed by atoms with van der Waals surface area (Å²) < 4.78 is 11.6. The Morgan fingerprint density at radius 3 is 2.41 bits per heavy atom. The maximum atomic E-state index is 13.5. The maximum absolute atomic E-state index is 13.5. The molecule has 200 valence electrons. The topological polar surface area (TPSA) is 99.9 Å². The molecule has 0 bridgehead atoms. The van der Waals surface area contributed by atoms with E-state index in [9.17, 15) is 20.0 Å². The molecule has 0 radical (unpaired) electrons. The zero-order valence-electron chi connectivity index (χ0n) is 22.6. The number of ketones is 1. The molecule has 1 heterocycles. The number of nitrogens with zero attached hydrogens (tertiary/aromatic N) is 2. The third kappa shape index (κ3) is 5.51. The molecule has 1 unspecified atom stereocenters. The molecule has 1 fully saturated rings. The molecule has 0 aromatic heterocycles. The lowest BCUT2D eigenvalue weighted by Crippen LogP contribution is -2.29. The Kier molecular flexibility index (Phi) is 8.36. The SMILES string of the molecule is CCCOc1cccc(C2/C(=C(\O)c3ccc(OCC)c(C(C)C)c3)C(=O)C(=O)N2c2ccc(C#N)cc2)c1. The molecule has 7 heteroatoms. The Morgan fingerprint density at radius 1 is 1.03 bits per heavy atom. The van der Waals surface area contributed by atoms with Crippen molar-refractivity contribution in [1.82, 2.24) is 0 Å². The molecule has 39 heavy (non-hydrogen) atoms. The van der Waals surface area contributed by atoms with Gasteiger partial charge in [0.05, 0.1) is 36.5 Å². The van der Waals surface area contributed by atoms with Gasteiger partial charge in [-0.2, -0.15) is 5.26 Å². The predicted molar refractivity (Wildman–Crippen MR) is 150 cm³/mol. The van der Waals surface area contributed by atoms with Crippen LogP contribution in [0.15, 0.2) is 72.3 Å². The first-order valence-electron chi connectivity index (χ1n) is 13.1. The molecular formula is C32H32N2O5. The molecule has 3 aromatic rings. The van der Waals surface area contributed by atoms with Gasteiger partial charge in [-0.25, -0.2) is 0 Å². The van der Waals surface area contributed by atoms with Crippen LogP contribution >= 0.6 is 0 Å². The number of ether oxygens (including phenoxy) is 2. The van der Waals surface area contributed by atoms with Crippen molar-refractivity contribution in [1.29, 1.82) is 5.26 Å². The first-order chi connectivity index (χ1) is 18.8. The summed E-state index contributed by atoms with van der Waals surface area (Å²) >= 11 is 0. The van der Waals surface area contributed by atoms with Crippen LogP contribution in [0.3, 0.4) is 0 Å². The fraction of sp³-hybridized carbons (Fsp3) is 0.281. The molecule has 1 aliphatic rings. The summed E-state index contributed by atoms with van der Waals surface area (Å²) in [6.07, 6.45) is 0.823. The fourth-order valence-electron chi connectivity index (χ4n) is 4.69. The van der Waals surface area contributed by atoms with E-state index in [0.29, 0.717) is 47.1 Å². The quantitative estimate of drug-likeness (QED) is 0.195. The lowest BCUT2D eigenvalue weighted by Gasteiger charge is -2.26. The summed E-state index contributed by atoms with van der Waals surface area (Å²) in [5.41, 5.74) is 2.77. The van der Waals surface area contributed by atoms with Crippen LogP contribution in [-0.4, -0.2) is 30.0 Å². The van der Waals surface area contributed by atoms with Crippen molar-refractivity contribution >= 4 is 23.1 Å². The highest BCUT2D eigenvalue weighted by Crippen LogP contribution is 2.43. The normalized spacial score (nSPS) is 16.4. The van der Waals surface area contributed by atoms with E-state index in [4.69, 9.17) is 9.47 Å². The number of hydrogen-bond donors (Lipinski definition) is 1. The molecule has 7 nitrogen and oxygen atoms in total. The summed E-state index contributed by atoms with van der Waals surface area (Å²) in [7, 11) is 0. The smallest absolute Gasteiger partial charge is 0.300 e. The van der Waals surface area contributed by atoms with Crippen molar-refractivity contribution in [3.8, 4) is 17.6 Å². The number of aliphatic hydroxyl groups is 1. The van der Waals surface area contributed by atoms with Crippen molar-refractivity contribution < 1.29 is 24.2 Å². The van der Waals surface area contributed by atoms with Crippen molar-refractivity contribution in [3.05, 3.63) is 94.6 Å². The van der Waals surface area contributed by atoms with Gasteiger partial charge in [-0.1, -0.05) is 32.9 Å². The molecule has 0 spiro atoms. The van der Waals surface area contributed by atoms with E-state index >= 15 is 0 Å². The van der Waals surface area contributed by atoms with Gasteiger partial charge in [0.1, 0.15) is 17.3 Å². The molecule has 0 aliphatic carbocycles. The van der Waals surface area contributed by atoms with Crippen molar-refractivity contribution in [2.45, 2.75) is 46.1 Å². The summed E-state index contributed by atoms with van der Waals surface area (Å²) in [5, 5.41) is 20.8. The Balaban J connectivity index is 1.92. The Morgan fingerprint density at radius 2 is 1.77 bits per heavy atom. The molecule has 0 saturated carbocycles. The van der Waals surface area contributed by atoms with Crippen LogP contribution in [0.5, 0.6) is 11.5 Å². The number of benzene rings is 3. The number of amides is 1. The van der Waals surface area contributed by atoms with E-state index in [0.717, 1.165) is 12.0 Å². The van der Waals surface area contributed by atoms with Gasteiger partial charge in [-0.3, -0.25) is 14.5 Å². The zero-order valence-corrected chi connectivity index (χ0v) is 22.6. The number of carbonyl (C=O) groups excluding carboxylic acids is 2. The van der Waals surface area contributed by atoms with Crippen molar-refractivity contribution in [3.63, 3.8) is 0 Å². The van der Waals surface area contributed by atoms with E-state index < -0.39 is 17.7 Å². The van der Waals surface area contributed by atoms with Gasteiger partial charge in [0.15, 0.2) is 0 Å². The van der Waals surface area contributed by atoms with Crippen molar-refractivity contribution in [2.75, 3.05) is 18.1 Å². The van der Waals surface area contributed by atoms with E-state index in [1.807, 2.05) is 33.8 Å². The predicted octanol–water partition coefficient (Wildman–Crippen LogP) is 6.50. The highest BCUT2D eigenvalue weighted by Gasteiger charge is 2.47. The maximum Gasteiger partial charge on any atom is 0.300 e. The number of carbonyl (C=O) groups is 2. The fourth-order valence-corrected chi connectivity index (χ4v) is 4.69. The number of Topliss-reactive ketones (excluding diaryl/α,β-unsaturated/α-hetero) is 1. The van der Waals surface area contributed by atoms with Gasteiger partial charge in [-0.15, -0.1) is 0 Å². The Bertz CT molecular complexity index is 1450. The van der Waals surface area contributed by atoms with Gasteiger partial charge >= 0.3 is 0 Å². The minimum Gasteiger partial charge on any atom is -0.507 e. The van der Waals surface area contributed by atoms with E-state index in [-0.39, 0.29) is 17.3 Å². The number of rotatable bonds is 9. The lowest BCUT2D eigenvalue weighted by molar-refractivity contribution is -0.132. The van der Waals surface area contributed by atoms with Gasteiger partial charge in [0, 0.05) is 11.3 Å². The minimum atomic E-state index is -0.905. The lowest BCUT2D eigenvalue weighted by atomic mass is 9.93. The number of hydrogen-bond acceptors (Lipinski definition) is 6. The molecule has 4 rings (SSSR count). The Hall–Kier alpha value is -4.57. The van der Waals surface area contributed by atoms with Gasteiger partial charge in [0.2, 0.25) is 0 Å². The average Bonchev–Trinajstić information content (AvgIpc) is 3.22. The van der Waals surface area contributed by atoms with Crippen LogP contribution in [0.25, 0.3) is 5.76 Å². The highest BCUT2D eigenvalue weighted by atomic mass is 16.5. The van der Waals surface area contributed by atoms with Gasteiger partial charge < -0.3 is 14.6 Å². The average molecular weight is 525 g/mol. The summed E-state index contributed by atoms with van der Waals surface area (Å²) in [5.74, 6) is -0.409. The largest absolute Gasteiger partial charge is 0.507 e. The van der Waals surface area contributed by atoms with Gasteiger partial charge in [-0.05, 0) is 85.0 Å². The first kappa shape index (κ1) is 27.5. The van der Waals surface area contributed by atoms with E-state index in [1.54, 1.807) is 60.7 Å². The van der Waals surface area contributed by atoms with Crippen LogP contribution in [-0.2, 0) is 9.59 Å². The van der Waals surface area contributed by atoms with Crippen LogP contribution in [0.2, 0.25) is 0 Å². The van der Waals surface area contributed by atoms with E-state index in [2.05, 4.69) is 6.07 Å². The summed E-state index contributed by atoms with van der Waals surface area (Å²) in [6, 6.07) is 20.1. The van der Waals surface area contributed by atoms with Crippen LogP contribution in [0.1, 0.15) is 68.3 Å². The van der Waals surface area contributed by atoms with E-state index in [1.165, 1.54) is 4.90 Å². The molecular weight excluding hydrogens is 492 g/mol. The first-order valence-corrected chi connectivity index (χ1v) is 13.1. The van der Waals surface area contributed by atoms with Gasteiger partial charge in [0.25, 0.3) is 11.7 Å². The standard InChI is InChI=1S/C32H32N2O5/c1-5-16-39-25-9-7-8-22(17-25)29-28(30(35)23-12-15-27(38-6-2)26(18-23)20(3)4)31(36)32(37)34(29)24-13-10-21(19-33)11-14-24/h7-15,17-18,20,29,35H,5-6,16H2,1-4H3/b30-28+. The third-order valence-electron chi connectivity index (χ3n) is 6.57. The number of anilines is 1. The molecule has 1 atom stereocenters. The second kappa shape index (κ2) is 11.9. The zero-order chi connectivity index (χ0) is 28.1. The van der Waals surface area contributed by atoms with Crippen LogP contribution < -0.4 is 14.4 Å². The van der Waals surface area contributed by atoms with Crippen LogP contribution in [0, 0.1) is 11.3 Å². The third-order valence-corrected chi connectivity index (χ3v) is 6.57. The molecule has 1 N–H and O–H groups in total. The molecule has 1 aliphatic heterocycles. The molecule has 1 amide bonds.